The number of thiophene rings is 1. The van der Waals surface area contributed by atoms with Crippen molar-refractivity contribution < 1.29 is 0 Å². The first kappa shape index (κ1) is 16.0. The molecule has 0 amide bonds. The average Bonchev–Trinajstić information content (AvgIpc) is 2.68. The van der Waals surface area contributed by atoms with Crippen LogP contribution in [-0.2, 0) is 6.54 Å². The second kappa shape index (κ2) is 6.90. The van der Waals surface area contributed by atoms with Crippen LogP contribution in [0.15, 0.2) is 12.1 Å². The van der Waals surface area contributed by atoms with Crippen molar-refractivity contribution in [2.45, 2.75) is 40.3 Å². The van der Waals surface area contributed by atoms with Crippen molar-refractivity contribution in [1.29, 1.82) is 0 Å². The number of nitrogens with zero attached hydrogens (tertiary/aromatic N) is 1. The lowest BCUT2D eigenvalue weighted by molar-refractivity contribution is 0.142. The van der Waals surface area contributed by atoms with E-state index in [1.807, 2.05) is 6.07 Å². The predicted octanol–water partition coefficient (Wildman–Crippen LogP) is 3.86. The van der Waals surface area contributed by atoms with Gasteiger partial charge in [-0.15, -0.1) is 11.3 Å². The first-order chi connectivity index (χ1) is 8.30. The highest BCUT2D eigenvalue weighted by molar-refractivity contribution is 7.16. The van der Waals surface area contributed by atoms with E-state index in [1.165, 1.54) is 4.88 Å². The molecule has 1 N–H and O–H groups in total. The molecule has 1 rings (SSSR count). The summed E-state index contributed by atoms with van der Waals surface area (Å²) in [4.78, 5) is 3.71. The summed E-state index contributed by atoms with van der Waals surface area (Å²) in [5.74, 6) is 0. The maximum absolute atomic E-state index is 5.90. The van der Waals surface area contributed by atoms with Gasteiger partial charge in [0.2, 0.25) is 0 Å². The molecule has 0 saturated heterocycles. The van der Waals surface area contributed by atoms with Gasteiger partial charge in [0, 0.05) is 30.6 Å². The lowest BCUT2D eigenvalue weighted by Gasteiger charge is -2.35. The molecule has 0 aliphatic rings. The monoisotopic (exact) mass is 288 g/mol. The Balaban J connectivity index is 2.22. The Morgan fingerprint density at radius 3 is 2.56 bits per heavy atom. The Morgan fingerprint density at radius 1 is 1.39 bits per heavy atom. The van der Waals surface area contributed by atoms with E-state index < -0.39 is 0 Å². The van der Waals surface area contributed by atoms with Gasteiger partial charge in [0.1, 0.15) is 0 Å². The van der Waals surface area contributed by atoms with Gasteiger partial charge < -0.3 is 10.2 Å². The minimum Gasteiger partial charge on any atom is -0.311 e. The zero-order chi connectivity index (χ0) is 13.8. The Labute approximate surface area is 120 Å². The molecule has 0 aromatic carbocycles. The quantitative estimate of drug-likeness (QED) is 0.800. The van der Waals surface area contributed by atoms with Crippen LogP contribution in [0.2, 0.25) is 4.34 Å². The van der Waals surface area contributed by atoms with Gasteiger partial charge in [-0.1, -0.05) is 32.4 Å². The molecule has 0 fully saturated rings. The van der Waals surface area contributed by atoms with Gasteiger partial charge in [0.05, 0.1) is 4.34 Å². The van der Waals surface area contributed by atoms with Crippen LogP contribution in [0.3, 0.4) is 0 Å². The minimum absolute atomic E-state index is 0.329. The normalized spacial score (nSPS) is 14.2. The topological polar surface area (TPSA) is 15.3 Å². The van der Waals surface area contributed by atoms with Gasteiger partial charge in [0.25, 0.3) is 0 Å². The molecule has 18 heavy (non-hydrogen) atoms. The molecule has 1 unspecified atom stereocenters. The fourth-order valence-corrected chi connectivity index (χ4v) is 2.83. The Hall–Kier alpha value is -0.0900. The second-order valence-electron chi connectivity index (χ2n) is 5.91. The van der Waals surface area contributed by atoms with Crippen LogP contribution in [0.4, 0.5) is 0 Å². The lowest BCUT2D eigenvalue weighted by Crippen LogP contribution is -2.42. The predicted molar refractivity (Wildman–Crippen MR) is 82.6 cm³/mol. The van der Waals surface area contributed by atoms with Crippen LogP contribution in [0, 0.1) is 5.41 Å². The SMILES string of the molecule is CC(N(C)CCNCc1ccc(Cl)s1)C(C)(C)C. The van der Waals surface area contributed by atoms with Crippen molar-refractivity contribution in [1.82, 2.24) is 10.2 Å². The van der Waals surface area contributed by atoms with Crippen LogP contribution in [-0.4, -0.2) is 31.1 Å². The molecule has 1 aromatic rings. The summed E-state index contributed by atoms with van der Waals surface area (Å²) in [6, 6.07) is 4.62. The molecule has 0 spiro atoms. The van der Waals surface area contributed by atoms with Crippen LogP contribution in [0.5, 0.6) is 0 Å². The molecular weight excluding hydrogens is 264 g/mol. The van der Waals surface area contributed by atoms with Gasteiger partial charge in [-0.2, -0.15) is 0 Å². The summed E-state index contributed by atoms with van der Waals surface area (Å²) < 4.78 is 0.866. The third-order valence-corrected chi connectivity index (χ3v) is 4.71. The van der Waals surface area contributed by atoms with Gasteiger partial charge in [0.15, 0.2) is 0 Å². The van der Waals surface area contributed by atoms with E-state index in [9.17, 15) is 0 Å². The van der Waals surface area contributed by atoms with Gasteiger partial charge >= 0.3 is 0 Å². The Bertz CT molecular complexity index is 357. The van der Waals surface area contributed by atoms with Crippen molar-refractivity contribution >= 4 is 22.9 Å². The molecule has 4 heteroatoms. The lowest BCUT2D eigenvalue weighted by atomic mass is 9.87. The smallest absolute Gasteiger partial charge is 0.0931 e. The summed E-state index contributed by atoms with van der Waals surface area (Å²) in [5.41, 5.74) is 0.329. The first-order valence-electron chi connectivity index (χ1n) is 6.46. The number of likely N-dealkylation sites (N-methyl/N-ethyl adjacent to an activating group) is 1. The summed E-state index contributed by atoms with van der Waals surface area (Å²) in [5, 5.41) is 3.46. The highest BCUT2D eigenvalue weighted by atomic mass is 35.5. The fourth-order valence-electron chi connectivity index (χ4n) is 1.77. The molecule has 1 heterocycles. The number of hydrogen-bond donors (Lipinski definition) is 1. The van der Waals surface area contributed by atoms with E-state index in [0.717, 1.165) is 24.0 Å². The van der Waals surface area contributed by atoms with Crippen LogP contribution < -0.4 is 5.32 Å². The number of halogens is 1. The average molecular weight is 289 g/mol. The van der Waals surface area contributed by atoms with Crippen LogP contribution in [0.1, 0.15) is 32.6 Å². The number of rotatable bonds is 6. The molecule has 0 radical (unpaired) electrons. The Morgan fingerprint density at radius 2 is 2.06 bits per heavy atom. The zero-order valence-electron chi connectivity index (χ0n) is 12.1. The molecule has 1 aromatic heterocycles. The molecule has 0 aliphatic carbocycles. The first-order valence-corrected chi connectivity index (χ1v) is 7.65. The van der Waals surface area contributed by atoms with Crippen molar-refractivity contribution in [2.24, 2.45) is 5.41 Å². The maximum Gasteiger partial charge on any atom is 0.0931 e. The largest absolute Gasteiger partial charge is 0.311 e. The Kier molecular flexibility index (Phi) is 6.12. The summed E-state index contributed by atoms with van der Waals surface area (Å²) in [7, 11) is 2.19. The molecule has 2 nitrogen and oxygen atoms in total. The molecule has 0 bridgehead atoms. The van der Waals surface area contributed by atoms with E-state index in [1.54, 1.807) is 11.3 Å². The summed E-state index contributed by atoms with van der Waals surface area (Å²) in [6.07, 6.45) is 0. The van der Waals surface area contributed by atoms with Gasteiger partial charge in [-0.05, 0) is 31.5 Å². The van der Waals surface area contributed by atoms with Gasteiger partial charge in [-0.25, -0.2) is 0 Å². The third-order valence-electron chi connectivity index (χ3n) is 3.48. The number of hydrogen-bond acceptors (Lipinski definition) is 3. The van der Waals surface area contributed by atoms with E-state index in [0.29, 0.717) is 11.5 Å². The number of nitrogens with one attached hydrogen (secondary N) is 1. The van der Waals surface area contributed by atoms with E-state index in [4.69, 9.17) is 11.6 Å². The van der Waals surface area contributed by atoms with E-state index in [-0.39, 0.29) is 0 Å². The van der Waals surface area contributed by atoms with Crippen LogP contribution in [0.25, 0.3) is 0 Å². The van der Waals surface area contributed by atoms with Gasteiger partial charge in [-0.3, -0.25) is 0 Å². The van der Waals surface area contributed by atoms with Crippen molar-refractivity contribution in [3.05, 3.63) is 21.3 Å². The third kappa shape index (κ3) is 5.27. The zero-order valence-corrected chi connectivity index (χ0v) is 13.7. The molecule has 0 aliphatic heterocycles. The molecule has 1 atom stereocenters. The highest BCUT2D eigenvalue weighted by Crippen LogP contribution is 2.23. The second-order valence-corrected chi connectivity index (χ2v) is 7.70. The van der Waals surface area contributed by atoms with E-state index >= 15 is 0 Å². The van der Waals surface area contributed by atoms with Crippen LogP contribution >= 0.6 is 22.9 Å². The van der Waals surface area contributed by atoms with Crippen molar-refractivity contribution in [3.8, 4) is 0 Å². The molecule has 104 valence electrons. The van der Waals surface area contributed by atoms with Crippen molar-refractivity contribution in [3.63, 3.8) is 0 Å². The standard InChI is InChI=1S/C14H25ClN2S/c1-11(14(2,3)4)17(5)9-8-16-10-12-6-7-13(15)18-12/h6-7,11,16H,8-10H2,1-5H3. The minimum atomic E-state index is 0.329. The molecular formula is C14H25ClN2S. The van der Waals surface area contributed by atoms with Crippen molar-refractivity contribution in [2.75, 3.05) is 20.1 Å². The molecule has 0 saturated carbocycles. The highest BCUT2D eigenvalue weighted by Gasteiger charge is 2.23. The maximum atomic E-state index is 5.90. The van der Waals surface area contributed by atoms with E-state index in [2.05, 4.69) is 51.0 Å². The summed E-state index contributed by atoms with van der Waals surface area (Å²) in [6.45, 7) is 12.1. The fraction of sp³-hybridized carbons (Fsp3) is 0.714. The summed E-state index contributed by atoms with van der Waals surface area (Å²) >= 11 is 7.54.